The van der Waals surface area contributed by atoms with Gasteiger partial charge in [-0.1, -0.05) is 16.7 Å². The summed E-state index contributed by atoms with van der Waals surface area (Å²) in [5.74, 6) is 0. The normalized spacial score (nSPS) is 8.75. The monoisotopic (exact) mass is 636 g/mol. The average molecular weight is 638 g/mol. The van der Waals surface area contributed by atoms with E-state index in [-0.39, 0.29) is 102 Å². The first-order valence-corrected chi connectivity index (χ1v) is 10.4. The summed E-state index contributed by atoms with van der Waals surface area (Å²) in [5, 5.41) is 8.06. The predicted molar refractivity (Wildman–Crippen MR) is 133 cm³/mol. The van der Waals surface area contributed by atoms with E-state index in [4.69, 9.17) is 0 Å². The fourth-order valence-corrected chi connectivity index (χ4v) is 3.74. The van der Waals surface area contributed by atoms with E-state index in [1.165, 1.54) is 49.0 Å². The van der Waals surface area contributed by atoms with Crippen LogP contribution in [0.5, 0.6) is 0 Å². The topological polar surface area (TPSA) is 0 Å². The molecular weight excluding hydrogens is 610 g/mol. The molecule has 0 N–H and O–H groups in total. The SMILES string of the molecule is Cc1ccc2[cH-]ccc2c1.Cc1ccc2[cH-]ccc2c1.Cc1ccc2[cH-]ccc2c1.[Cl-].[Cl-].[Cl-].[Ti+2].[Ti+2].[Ti+2]. The van der Waals surface area contributed by atoms with Crippen LogP contribution in [0.1, 0.15) is 16.7 Å². The van der Waals surface area contributed by atoms with Crippen molar-refractivity contribution in [2.24, 2.45) is 0 Å². The Morgan fingerprint density at radius 3 is 0.889 bits per heavy atom. The maximum Gasteiger partial charge on any atom is 2.00 e. The summed E-state index contributed by atoms with van der Waals surface area (Å²) in [6.45, 7) is 6.35. The van der Waals surface area contributed by atoms with E-state index in [2.05, 4.69) is 130 Å². The molecule has 0 saturated heterocycles. The minimum atomic E-state index is 0. The zero-order valence-corrected chi connectivity index (χ0v) is 27.5. The summed E-state index contributed by atoms with van der Waals surface area (Å²) >= 11 is 0. The number of fused-ring (bicyclic) bond motifs is 3. The smallest absolute Gasteiger partial charge is 1.00 e. The average Bonchev–Trinajstić information content (AvgIpc) is 3.48. The molecule has 0 bridgehead atoms. The molecular formula is C30H27Cl3Ti3. The standard InChI is InChI=1S/3C10H9.3ClH.3Ti/c3*1-8-5-6-9-3-2-4-10(9)7-8;;;;;;/h3*2-7H,1H3;3*1H;;;/q3*-1;;;;3*+2/p-3. The van der Waals surface area contributed by atoms with Crippen molar-refractivity contribution < 1.29 is 102 Å². The van der Waals surface area contributed by atoms with Crippen molar-refractivity contribution in [3.63, 3.8) is 0 Å². The van der Waals surface area contributed by atoms with Crippen LogP contribution in [0.4, 0.5) is 0 Å². The van der Waals surface area contributed by atoms with Crippen LogP contribution in [0.3, 0.4) is 0 Å². The Morgan fingerprint density at radius 2 is 0.639 bits per heavy atom. The van der Waals surface area contributed by atoms with E-state index in [0.29, 0.717) is 0 Å². The van der Waals surface area contributed by atoms with Gasteiger partial charge in [-0.2, -0.15) is 52.6 Å². The third kappa shape index (κ3) is 11.1. The van der Waals surface area contributed by atoms with E-state index in [1.807, 2.05) is 0 Å². The van der Waals surface area contributed by atoms with Crippen LogP contribution >= 0.6 is 0 Å². The van der Waals surface area contributed by atoms with Gasteiger partial charge in [0.15, 0.2) is 0 Å². The second-order valence-corrected chi connectivity index (χ2v) is 7.97. The first-order chi connectivity index (χ1) is 14.6. The van der Waals surface area contributed by atoms with Crippen LogP contribution in [0, 0.1) is 20.8 Å². The van der Waals surface area contributed by atoms with Crippen molar-refractivity contribution in [1.82, 2.24) is 0 Å². The Morgan fingerprint density at radius 1 is 0.389 bits per heavy atom. The van der Waals surface area contributed by atoms with Gasteiger partial charge in [0.05, 0.1) is 0 Å². The number of hydrogen-bond donors (Lipinski definition) is 0. The molecule has 0 saturated carbocycles. The molecule has 6 rings (SSSR count). The van der Waals surface area contributed by atoms with Gasteiger partial charge in [-0.15, -0.1) is 89.0 Å². The number of benzene rings is 3. The van der Waals surface area contributed by atoms with E-state index < -0.39 is 0 Å². The minimum absolute atomic E-state index is 0. The van der Waals surface area contributed by atoms with Gasteiger partial charge in [0.1, 0.15) is 0 Å². The molecule has 0 aliphatic carbocycles. The first-order valence-electron chi connectivity index (χ1n) is 10.4. The van der Waals surface area contributed by atoms with Crippen molar-refractivity contribution in [2.45, 2.75) is 20.8 Å². The molecule has 180 valence electrons. The summed E-state index contributed by atoms with van der Waals surface area (Å²) in [7, 11) is 0. The summed E-state index contributed by atoms with van der Waals surface area (Å²) in [6, 6.07) is 38.6. The van der Waals surface area contributed by atoms with Crippen molar-refractivity contribution >= 4 is 32.3 Å². The molecule has 0 aliphatic heterocycles. The molecule has 0 radical (unpaired) electrons. The third-order valence-electron chi connectivity index (χ3n) is 5.38. The quantitative estimate of drug-likeness (QED) is 0.157. The molecule has 0 amide bonds. The van der Waals surface area contributed by atoms with Gasteiger partial charge in [-0.25, -0.2) is 0 Å². The zero-order chi connectivity index (χ0) is 20.9. The largest absolute Gasteiger partial charge is 2.00 e. The van der Waals surface area contributed by atoms with Crippen LogP contribution in [-0.4, -0.2) is 0 Å². The van der Waals surface area contributed by atoms with Gasteiger partial charge >= 0.3 is 65.2 Å². The maximum absolute atomic E-state index is 2.20. The molecule has 0 heterocycles. The molecule has 0 fully saturated rings. The molecule has 36 heavy (non-hydrogen) atoms. The number of rotatable bonds is 0. The maximum atomic E-state index is 2.20. The van der Waals surface area contributed by atoms with Gasteiger partial charge in [0.25, 0.3) is 0 Å². The van der Waals surface area contributed by atoms with Crippen molar-refractivity contribution in [3.8, 4) is 0 Å². The van der Waals surface area contributed by atoms with Crippen molar-refractivity contribution in [3.05, 3.63) is 126 Å². The van der Waals surface area contributed by atoms with Crippen LogP contribution in [0.25, 0.3) is 32.3 Å². The molecule has 6 aromatic carbocycles. The molecule has 6 aromatic rings. The molecule has 0 nitrogen and oxygen atoms in total. The number of hydrogen-bond acceptors (Lipinski definition) is 0. The fourth-order valence-electron chi connectivity index (χ4n) is 3.74. The molecule has 0 unspecified atom stereocenters. The first kappa shape index (κ1) is 40.0. The van der Waals surface area contributed by atoms with Gasteiger partial charge in [-0.05, 0) is 20.8 Å². The molecule has 0 aromatic heterocycles. The number of aryl methyl sites for hydroxylation is 3. The van der Waals surface area contributed by atoms with E-state index >= 15 is 0 Å². The van der Waals surface area contributed by atoms with E-state index in [9.17, 15) is 0 Å². The summed E-state index contributed by atoms with van der Waals surface area (Å²) < 4.78 is 0. The second-order valence-electron chi connectivity index (χ2n) is 7.97. The van der Waals surface area contributed by atoms with Crippen molar-refractivity contribution in [2.75, 3.05) is 0 Å². The Labute approximate surface area is 278 Å². The van der Waals surface area contributed by atoms with Gasteiger partial charge in [0, 0.05) is 0 Å². The summed E-state index contributed by atoms with van der Waals surface area (Å²) in [5.41, 5.74) is 4.00. The predicted octanol–water partition coefficient (Wildman–Crippen LogP) is -0.394. The minimum Gasteiger partial charge on any atom is -1.00 e. The molecule has 0 aliphatic rings. The van der Waals surface area contributed by atoms with Crippen molar-refractivity contribution in [1.29, 1.82) is 0 Å². The van der Waals surface area contributed by atoms with Crippen LogP contribution in [0.15, 0.2) is 109 Å². The zero-order valence-electron chi connectivity index (χ0n) is 20.5. The second kappa shape index (κ2) is 19.6. The van der Waals surface area contributed by atoms with Gasteiger partial charge < -0.3 is 37.2 Å². The van der Waals surface area contributed by atoms with Crippen LogP contribution in [0.2, 0.25) is 0 Å². The third-order valence-corrected chi connectivity index (χ3v) is 5.38. The van der Waals surface area contributed by atoms with E-state index in [1.54, 1.807) is 0 Å². The van der Waals surface area contributed by atoms with E-state index in [0.717, 1.165) is 0 Å². The number of halogens is 3. The molecule has 0 spiro atoms. The van der Waals surface area contributed by atoms with Crippen LogP contribution < -0.4 is 37.2 Å². The Kier molecular flexibility index (Phi) is 21.7. The Hall–Kier alpha value is -0.497. The van der Waals surface area contributed by atoms with Crippen LogP contribution in [-0.2, 0) is 65.2 Å². The summed E-state index contributed by atoms with van der Waals surface area (Å²) in [4.78, 5) is 0. The Bertz CT molecular complexity index is 1230. The Balaban J connectivity index is -0.000000419. The summed E-state index contributed by atoms with van der Waals surface area (Å²) in [6.07, 6.45) is 0. The van der Waals surface area contributed by atoms with Gasteiger partial charge in [-0.3, -0.25) is 0 Å². The molecule has 0 atom stereocenters. The van der Waals surface area contributed by atoms with Gasteiger partial charge in [0.2, 0.25) is 0 Å². The fraction of sp³-hybridized carbons (Fsp3) is 0.100. The molecule has 6 heteroatoms.